The number of ether oxygens (including phenoxy) is 1. The molecule has 0 atom stereocenters. The van der Waals surface area contributed by atoms with Crippen LogP contribution < -0.4 is 11.1 Å². The van der Waals surface area contributed by atoms with Gasteiger partial charge in [-0.3, -0.25) is 4.79 Å². The molecule has 6 nitrogen and oxygen atoms in total. The summed E-state index contributed by atoms with van der Waals surface area (Å²) in [4.78, 5) is 12.7. The summed E-state index contributed by atoms with van der Waals surface area (Å²) in [5, 5.41) is 7.15. The van der Waals surface area contributed by atoms with E-state index in [0.29, 0.717) is 30.3 Å². The van der Waals surface area contributed by atoms with Crippen LogP contribution in [-0.4, -0.2) is 28.9 Å². The Morgan fingerprint density at radius 2 is 1.93 bits per heavy atom. The van der Waals surface area contributed by atoms with Crippen LogP contribution in [0.25, 0.3) is 5.69 Å². The highest BCUT2D eigenvalue weighted by Gasteiger charge is 2.30. The molecule has 3 aromatic rings. The quantitative estimate of drug-likeness (QED) is 0.709. The van der Waals surface area contributed by atoms with Crippen LogP contribution in [0.3, 0.4) is 0 Å². The van der Waals surface area contributed by atoms with E-state index in [1.165, 1.54) is 10.7 Å². The summed E-state index contributed by atoms with van der Waals surface area (Å²) in [6, 6.07) is 15.5. The van der Waals surface area contributed by atoms with Crippen molar-refractivity contribution in [2.45, 2.75) is 25.3 Å². The lowest BCUT2D eigenvalue weighted by Crippen LogP contribution is -2.42. The van der Waals surface area contributed by atoms with Gasteiger partial charge in [-0.25, -0.2) is 9.07 Å². The number of carbonyl (C=O) groups is 1. The third-order valence-corrected chi connectivity index (χ3v) is 5.28. The Morgan fingerprint density at radius 3 is 2.69 bits per heavy atom. The zero-order valence-electron chi connectivity index (χ0n) is 16.2. The Bertz CT molecular complexity index is 1040. The first-order chi connectivity index (χ1) is 14.0. The number of aromatic nitrogens is 2. The lowest BCUT2D eigenvalue weighted by atomic mass is 9.83. The van der Waals surface area contributed by atoms with Crippen LogP contribution in [0.5, 0.6) is 0 Å². The molecule has 29 heavy (non-hydrogen) atoms. The third-order valence-electron chi connectivity index (χ3n) is 5.28. The predicted molar refractivity (Wildman–Crippen MR) is 109 cm³/mol. The second-order valence-electron chi connectivity index (χ2n) is 7.34. The van der Waals surface area contributed by atoms with Crippen LogP contribution >= 0.6 is 0 Å². The number of halogens is 1. The molecule has 1 aromatic heterocycles. The average molecular weight is 394 g/mol. The number of amides is 1. The molecule has 1 amide bonds. The van der Waals surface area contributed by atoms with E-state index in [9.17, 15) is 9.18 Å². The molecule has 150 valence electrons. The minimum atomic E-state index is -0.456. The van der Waals surface area contributed by atoms with Gasteiger partial charge in [0.25, 0.3) is 5.91 Å². The maximum Gasteiger partial charge on any atom is 0.276 e. The lowest BCUT2D eigenvalue weighted by Gasteiger charge is -2.34. The predicted octanol–water partition coefficient (Wildman–Crippen LogP) is 3.54. The number of carbonyl (C=O) groups excluding carboxylic acids is 1. The van der Waals surface area contributed by atoms with Gasteiger partial charge < -0.3 is 15.8 Å². The number of aryl methyl sites for hydroxylation is 1. The number of rotatable bonds is 4. The van der Waals surface area contributed by atoms with E-state index < -0.39 is 11.4 Å². The van der Waals surface area contributed by atoms with Crippen LogP contribution in [0, 0.1) is 12.7 Å². The molecule has 7 heteroatoms. The van der Waals surface area contributed by atoms with Gasteiger partial charge >= 0.3 is 0 Å². The van der Waals surface area contributed by atoms with Crippen LogP contribution in [0.4, 0.5) is 10.1 Å². The normalized spacial score (nSPS) is 15.8. The van der Waals surface area contributed by atoms with Gasteiger partial charge in [0.1, 0.15) is 11.5 Å². The molecule has 0 radical (unpaired) electrons. The second-order valence-corrected chi connectivity index (χ2v) is 7.34. The first-order valence-corrected chi connectivity index (χ1v) is 9.56. The van der Waals surface area contributed by atoms with E-state index in [4.69, 9.17) is 10.5 Å². The number of nitrogens with zero attached hydrogens (tertiary/aromatic N) is 2. The van der Waals surface area contributed by atoms with E-state index in [-0.39, 0.29) is 11.6 Å². The molecule has 1 aliphatic heterocycles. The van der Waals surface area contributed by atoms with Crippen molar-refractivity contribution in [2.24, 2.45) is 5.73 Å². The van der Waals surface area contributed by atoms with Crippen molar-refractivity contribution in [3.8, 4) is 5.69 Å². The molecular formula is C22H23FN4O2. The van der Waals surface area contributed by atoms with Crippen LogP contribution in [0.2, 0.25) is 0 Å². The van der Waals surface area contributed by atoms with Gasteiger partial charge in [0, 0.05) is 30.1 Å². The van der Waals surface area contributed by atoms with E-state index in [0.717, 1.165) is 18.4 Å². The Morgan fingerprint density at radius 1 is 1.17 bits per heavy atom. The Labute approximate surface area is 168 Å². The van der Waals surface area contributed by atoms with E-state index in [1.807, 2.05) is 24.3 Å². The SMILES string of the molecule is Cc1cc(C(=O)Nc2cccc(C3(N)CCOCC3)c2)nn1-c1ccccc1F. The molecule has 2 heterocycles. The van der Waals surface area contributed by atoms with Gasteiger partial charge in [-0.15, -0.1) is 0 Å². The zero-order chi connectivity index (χ0) is 20.4. The first kappa shape index (κ1) is 19.3. The summed E-state index contributed by atoms with van der Waals surface area (Å²) in [7, 11) is 0. The van der Waals surface area contributed by atoms with Gasteiger partial charge in [0.05, 0.1) is 0 Å². The van der Waals surface area contributed by atoms with Gasteiger partial charge in [0.15, 0.2) is 5.69 Å². The zero-order valence-corrected chi connectivity index (χ0v) is 16.2. The minimum absolute atomic E-state index is 0.213. The molecule has 3 N–H and O–H groups in total. The maximum atomic E-state index is 14.1. The number of nitrogens with two attached hydrogens (primary N) is 1. The number of benzene rings is 2. The van der Waals surface area contributed by atoms with Crippen molar-refractivity contribution in [3.63, 3.8) is 0 Å². The van der Waals surface area contributed by atoms with E-state index in [2.05, 4.69) is 10.4 Å². The molecular weight excluding hydrogens is 371 g/mol. The summed E-state index contributed by atoms with van der Waals surface area (Å²) >= 11 is 0. The molecule has 0 unspecified atom stereocenters. The number of para-hydroxylation sites is 1. The molecule has 1 aliphatic rings. The van der Waals surface area contributed by atoms with Crippen molar-refractivity contribution in [1.82, 2.24) is 9.78 Å². The molecule has 0 saturated carbocycles. The lowest BCUT2D eigenvalue weighted by molar-refractivity contribution is 0.0522. The number of anilines is 1. The van der Waals surface area contributed by atoms with E-state index >= 15 is 0 Å². The number of nitrogens with one attached hydrogen (secondary N) is 1. The van der Waals surface area contributed by atoms with Crippen LogP contribution in [0.1, 0.15) is 34.6 Å². The van der Waals surface area contributed by atoms with Crippen molar-refractivity contribution < 1.29 is 13.9 Å². The summed E-state index contributed by atoms with van der Waals surface area (Å²) in [6.07, 6.45) is 1.47. The number of hydrogen-bond acceptors (Lipinski definition) is 4. The minimum Gasteiger partial charge on any atom is -0.381 e. The molecule has 4 rings (SSSR count). The second kappa shape index (κ2) is 7.77. The van der Waals surface area contributed by atoms with Crippen molar-refractivity contribution in [2.75, 3.05) is 18.5 Å². The van der Waals surface area contributed by atoms with Gasteiger partial charge in [0.2, 0.25) is 0 Å². The molecule has 0 aliphatic carbocycles. The number of hydrogen-bond donors (Lipinski definition) is 2. The van der Waals surface area contributed by atoms with Crippen molar-refractivity contribution >= 4 is 11.6 Å². The highest BCUT2D eigenvalue weighted by molar-refractivity contribution is 6.03. The highest BCUT2D eigenvalue weighted by atomic mass is 19.1. The highest BCUT2D eigenvalue weighted by Crippen LogP contribution is 2.30. The molecule has 1 fully saturated rings. The van der Waals surface area contributed by atoms with Gasteiger partial charge in [-0.2, -0.15) is 5.10 Å². The van der Waals surface area contributed by atoms with E-state index in [1.54, 1.807) is 31.2 Å². The summed E-state index contributed by atoms with van der Waals surface area (Å²) < 4.78 is 20.9. The Balaban J connectivity index is 1.55. The summed E-state index contributed by atoms with van der Waals surface area (Å²) in [5.74, 6) is -0.763. The maximum absolute atomic E-state index is 14.1. The molecule has 1 saturated heterocycles. The Hall–Kier alpha value is -3.03. The molecule has 2 aromatic carbocycles. The average Bonchev–Trinajstić information content (AvgIpc) is 3.11. The largest absolute Gasteiger partial charge is 0.381 e. The summed E-state index contributed by atoms with van der Waals surface area (Å²) in [6.45, 7) is 3.03. The molecule has 0 spiro atoms. The Kier molecular flexibility index (Phi) is 5.17. The van der Waals surface area contributed by atoms with Crippen molar-refractivity contribution in [3.05, 3.63) is 77.4 Å². The van der Waals surface area contributed by atoms with Gasteiger partial charge in [-0.05, 0) is 55.7 Å². The molecule has 0 bridgehead atoms. The van der Waals surface area contributed by atoms with Crippen LogP contribution in [-0.2, 0) is 10.3 Å². The topological polar surface area (TPSA) is 82.2 Å². The fraction of sp³-hybridized carbons (Fsp3) is 0.273. The summed E-state index contributed by atoms with van der Waals surface area (Å²) in [5.41, 5.74) is 8.88. The van der Waals surface area contributed by atoms with Crippen molar-refractivity contribution in [1.29, 1.82) is 0 Å². The third kappa shape index (κ3) is 3.92. The van der Waals surface area contributed by atoms with Crippen LogP contribution in [0.15, 0.2) is 54.6 Å². The standard InChI is InChI=1S/C22H23FN4O2/c1-15-13-19(26-27(15)20-8-3-2-7-18(20)23)21(28)25-17-6-4-5-16(14-17)22(24)9-11-29-12-10-22/h2-8,13-14H,9-12,24H2,1H3,(H,25,28). The fourth-order valence-electron chi connectivity index (χ4n) is 3.58. The first-order valence-electron chi connectivity index (χ1n) is 9.56. The fourth-order valence-corrected chi connectivity index (χ4v) is 3.58. The smallest absolute Gasteiger partial charge is 0.276 e. The monoisotopic (exact) mass is 394 g/mol. The van der Waals surface area contributed by atoms with Gasteiger partial charge in [-0.1, -0.05) is 24.3 Å².